The average molecular weight is 330 g/mol. The Bertz CT molecular complexity index is 613. The number of rotatable bonds is 6. The van der Waals surface area contributed by atoms with E-state index in [0.717, 1.165) is 4.68 Å². The summed E-state index contributed by atoms with van der Waals surface area (Å²) in [5, 5.41) is 22.6. The van der Waals surface area contributed by atoms with Crippen molar-refractivity contribution in [1.29, 1.82) is 0 Å². The van der Waals surface area contributed by atoms with Gasteiger partial charge in [0.2, 0.25) is 0 Å². The molecule has 0 bridgehead atoms. The number of thiophene rings is 1. The molecule has 9 heteroatoms. The summed E-state index contributed by atoms with van der Waals surface area (Å²) in [6, 6.07) is 1.23. The summed E-state index contributed by atoms with van der Waals surface area (Å²) in [6.45, 7) is 1.08. The van der Waals surface area contributed by atoms with Gasteiger partial charge in [0.05, 0.1) is 18.4 Å². The van der Waals surface area contributed by atoms with Crippen LogP contribution >= 0.6 is 11.3 Å². The maximum atomic E-state index is 12.2. The molecule has 0 radical (unpaired) electrons. The number of carbonyl (C=O) groups is 1. The van der Waals surface area contributed by atoms with Gasteiger partial charge in [-0.05, 0) is 29.3 Å². The van der Waals surface area contributed by atoms with Crippen molar-refractivity contribution in [2.45, 2.75) is 25.5 Å². The molecule has 0 spiro atoms. The molecule has 2 amide bonds. The van der Waals surface area contributed by atoms with Gasteiger partial charge in [-0.3, -0.25) is 4.68 Å². The Balaban J connectivity index is 1.84. The summed E-state index contributed by atoms with van der Waals surface area (Å²) in [7, 11) is 0. The molecule has 2 aromatic heterocycles. The molecule has 2 heterocycles. The zero-order valence-corrected chi connectivity index (χ0v) is 12.6. The van der Waals surface area contributed by atoms with Crippen LogP contribution in [0.15, 0.2) is 29.2 Å². The van der Waals surface area contributed by atoms with Gasteiger partial charge in [-0.2, -0.15) is 16.4 Å². The van der Waals surface area contributed by atoms with Gasteiger partial charge in [-0.15, -0.1) is 0 Å². The molecule has 120 valence electrons. The molecule has 0 saturated carbocycles. The standard InChI is InChI=1S/C13H16F2N4O2S/c1-13(21,9-2-3-22-7-9)8-16-12(20)18-10-4-17-19(5-10)6-11(14)15/h2-5,7,11,21H,6,8H2,1H3,(H2,16,18,20). The molecule has 0 aromatic carbocycles. The van der Waals surface area contributed by atoms with Crippen LogP contribution in [0.1, 0.15) is 12.5 Å². The Morgan fingerprint density at radius 3 is 3.00 bits per heavy atom. The Kier molecular flexibility index (Phi) is 5.09. The van der Waals surface area contributed by atoms with Crippen molar-refractivity contribution in [1.82, 2.24) is 15.1 Å². The molecular weight excluding hydrogens is 314 g/mol. The molecule has 0 aliphatic rings. The van der Waals surface area contributed by atoms with E-state index in [-0.39, 0.29) is 6.54 Å². The maximum Gasteiger partial charge on any atom is 0.319 e. The van der Waals surface area contributed by atoms with Crippen molar-refractivity contribution >= 4 is 23.1 Å². The molecule has 0 aliphatic carbocycles. The minimum absolute atomic E-state index is 0.0146. The van der Waals surface area contributed by atoms with Crippen LogP contribution in [0.4, 0.5) is 19.3 Å². The largest absolute Gasteiger partial charge is 0.384 e. The van der Waals surface area contributed by atoms with Crippen LogP contribution in [-0.4, -0.2) is 33.9 Å². The lowest BCUT2D eigenvalue weighted by molar-refractivity contribution is 0.0604. The minimum atomic E-state index is -2.51. The second kappa shape index (κ2) is 6.84. The number of alkyl halides is 2. The van der Waals surface area contributed by atoms with Crippen LogP contribution < -0.4 is 10.6 Å². The number of nitrogens with zero attached hydrogens (tertiary/aromatic N) is 2. The van der Waals surface area contributed by atoms with Crippen LogP contribution in [0, 0.1) is 0 Å². The predicted molar refractivity (Wildman–Crippen MR) is 79.1 cm³/mol. The highest BCUT2D eigenvalue weighted by Crippen LogP contribution is 2.22. The first-order valence-electron chi connectivity index (χ1n) is 6.47. The highest BCUT2D eigenvalue weighted by Gasteiger charge is 2.24. The maximum absolute atomic E-state index is 12.2. The number of hydrogen-bond donors (Lipinski definition) is 3. The smallest absolute Gasteiger partial charge is 0.319 e. The molecule has 0 fully saturated rings. The number of urea groups is 1. The van der Waals surface area contributed by atoms with Crippen LogP contribution in [0.2, 0.25) is 0 Å². The van der Waals surface area contributed by atoms with Crippen molar-refractivity contribution in [3.05, 3.63) is 34.8 Å². The minimum Gasteiger partial charge on any atom is -0.384 e. The van der Waals surface area contributed by atoms with Gasteiger partial charge in [0, 0.05) is 6.20 Å². The van der Waals surface area contributed by atoms with E-state index in [4.69, 9.17) is 0 Å². The summed E-state index contributed by atoms with van der Waals surface area (Å²) >= 11 is 1.45. The third kappa shape index (κ3) is 4.50. The Morgan fingerprint density at radius 2 is 2.36 bits per heavy atom. The van der Waals surface area contributed by atoms with Crippen LogP contribution in [0.25, 0.3) is 0 Å². The fourth-order valence-electron chi connectivity index (χ4n) is 1.77. The lowest BCUT2D eigenvalue weighted by Crippen LogP contribution is -2.40. The van der Waals surface area contributed by atoms with Crippen molar-refractivity contribution in [3.63, 3.8) is 0 Å². The lowest BCUT2D eigenvalue weighted by atomic mass is 9.99. The van der Waals surface area contributed by atoms with Crippen LogP contribution in [-0.2, 0) is 12.1 Å². The van der Waals surface area contributed by atoms with Crippen molar-refractivity contribution in [2.24, 2.45) is 0 Å². The first-order chi connectivity index (χ1) is 10.4. The molecule has 1 atom stereocenters. The Labute approximate surface area is 129 Å². The van der Waals surface area contributed by atoms with Gasteiger partial charge in [0.25, 0.3) is 6.43 Å². The lowest BCUT2D eigenvalue weighted by Gasteiger charge is -2.22. The van der Waals surface area contributed by atoms with E-state index in [2.05, 4.69) is 15.7 Å². The highest BCUT2D eigenvalue weighted by atomic mass is 32.1. The number of halogens is 2. The van der Waals surface area contributed by atoms with Gasteiger partial charge in [-0.1, -0.05) is 0 Å². The van der Waals surface area contributed by atoms with E-state index in [9.17, 15) is 18.7 Å². The average Bonchev–Trinajstić information content (AvgIpc) is 3.08. The van der Waals surface area contributed by atoms with Gasteiger partial charge in [0.1, 0.15) is 12.1 Å². The quantitative estimate of drug-likeness (QED) is 0.760. The third-order valence-corrected chi connectivity index (χ3v) is 3.64. The highest BCUT2D eigenvalue weighted by molar-refractivity contribution is 7.08. The van der Waals surface area contributed by atoms with Crippen molar-refractivity contribution < 1.29 is 18.7 Å². The first kappa shape index (κ1) is 16.4. The van der Waals surface area contributed by atoms with E-state index >= 15 is 0 Å². The molecule has 3 N–H and O–H groups in total. The second-order valence-corrected chi connectivity index (χ2v) is 5.72. The summed E-state index contributed by atoms with van der Waals surface area (Å²) in [5.74, 6) is 0. The molecule has 6 nitrogen and oxygen atoms in total. The molecule has 0 aliphatic heterocycles. The number of hydrogen-bond acceptors (Lipinski definition) is 4. The van der Waals surface area contributed by atoms with Crippen molar-refractivity contribution in [2.75, 3.05) is 11.9 Å². The van der Waals surface area contributed by atoms with Gasteiger partial charge < -0.3 is 15.7 Å². The van der Waals surface area contributed by atoms with Crippen LogP contribution in [0.5, 0.6) is 0 Å². The summed E-state index contributed by atoms with van der Waals surface area (Å²) < 4.78 is 25.4. The normalized spacial score (nSPS) is 13.9. The van der Waals surface area contributed by atoms with Gasteiger partial charge in [0.15, 0.2) is 0 Å². The van der Waals surface area contributed by atoms with Gasteiger partial charge >= 0.3 is 6.03 Å². The van der Waals surface area contributed by atoms with E-state index in [1.807, 2.05) is 5.38 Å². The number of amides is 2. The predicted octanol–water partition coefficient (Wildman–Crippen LogP) is 2.24. The Hall–Kier alpha value is -2.00. The molecule has 22 heavy (non-hydrogen) atoms. The van der Waals surface area contributed by atoms with E-state index in [1.54, 1.807) is 18.4 Å². The topological polar surface area (TPSA) is 79.2 Å². The van der Waals surface area contributed by atoms with E-state index in [1.165, 1.54) is 23.7 Å². The van der Waals surface area contributed by atoms with Crippen LogP contribution in [0.3, 0.4) is 0 Å². The summed E-state index contributed by atoms with van der Waals surface area (Å²) in [5.41, 5.74) is -0.173. The number of aliphatic hydroxyl groups is 1. The molecule has 2 aromatic rings. The summed E-state index contributed by atoms with van der Waals surface area (Å²) in [4.78, 5) is 11.7. The van der Waals surface area contributed by atoms with Crippen molar-refractivity contribution in [3.8, 4) is 0 Å². The SMILES string of the molecule is CC(O)(CNC(=O)Nc1cnn(CC(F)F)c1)c1ccsc1. The fourth-order valence-corrected chi connectivity index (χ4v) is 2.55. The van der Waals surface area contributed by atoms with E-state index < -0.39 is 24.6 Å². The number of aromatic nitrogens is 2. The Morgan fingerprint density at radius 1 is 1.59 bits per heavy atom. The summed E-state index contributed by atoms with van der Waals surface area (Å²) in [6.07, 6.45) is 0.0733. The molecule has 2 rings (SSSR count). The third-order valence-electron chi connectivity index (χ3n) is 2.95. The fraction of sp³-hybridized carbons (Fsp3) is 0.385. The second-order valence-electron chi connectivity index (χ2n) is 4.94. The molecule has 1 unspecified atom stereocenters. The number of anilines is 1. The number of nitrogens with one attached hydrogen (secondary N) is 2. The zero-order chi connectivity index (χ0) is 16.2. The first-order valence-corrected chi connectivity index (χ1v) is 7.41. The molecular formula is C13H16F2N4O2S. The monoisotopic (exact) mass is 330 g/mol. The van der Waals surface area contributed by atoms with Gasteiger partial charge in [-0.25, -0.2) is 13.6 Å². The zero-order valence-electron chi connectivity index (χ0n) is 11.8. The number of carbonyl (C=O) groups excluding carboxylic acids is 1. The van der Waals surface area contributed by atoms with E-state index in [0.29, 0.717) is 11.3 Å². The molecule has 0 saturated heterocycles.